The normalized spacial score (nSPS) is 10.9. The van der Waals surface area contributed by atoms with Crippen LogP contribution in [0.15, 0.2) is 48.5 Å². The van der Waals surface area contributed by atoms with Crippen LogP contribution in [0.1, 0.15) is 26.3 Å². The minimum atomic E-state index is -3.53. The zero-order valence-electron chi connectivity index (χ0n) is 14.8. The highest BCUT2D eigenvalue weighted by Crippen LogP contribution is 2.21. The van der Waals surface area contributed by atoms with Gasteiger partial charge in [-0.25, -0.2) is 8.42 Å². The first kappa shape index (κ1) is 19.5. The number of anilines is 1. The van der Waals surface area contributed by atoms with Crippen molar-refractivity contribution in [2.24, 2.45) is 0 Å². The van der Waals surface area contributed by atoms with E-state index in [1.54, 1.807) is 0 Å². The molecule has 2 N–H and O–H groups in total. The van der Waals surface area contributed by atoms with Gasteiger partial charge in [0.05, 0.1) is 11.9 Å². The molecule has 0 spiro atoms. The Morgan fingerprint density at radius 1 is 1.00 bits per heavy atom. The number of nitrogens with one attached hydrogen (secondary N) is 2. The van der Waals surface area contributed by atoms with E-state index in [1.807, 2.05) is 30.3 Å². The maximum Gasteiger partial charge on any atom is 0.251 e. The summed E-state index contributed by atoms with van der Waals surface area (Å²) in [7, 11) is -0.705. The number of sulfonamides is 1. The van der Waals surface area contributed by atoms with E-state index in [0.717, 1.165) is 16.1 Å². The Morgan fingerprint density at radius 3 is 2.12 bits per heavy atom. The van der Waals surface area contributed by atoms with Crippen LogP contribution in [0.4, 0.5) is 5.69 Å². The first-order valence-corrected chi connectivity index (χ1v) is 9.70. The minimum Gasteiger partial charge on any atom is -0.355 e. The average molecular weight is 375 g/mol. The van der Waals surface area contributed by atoms with E-state index in [9.17, 15) is 18.0 Å². The Bertz CT molecular complexity index is 911. The second kappa shape index (κ2) is 8.01. The van der Waals surface area contributed by atoms with Gasteiger partial charge >= 0.3 is 0 Å². The molecule has 138 valence electrons. The Hall–Kier alpha value is -2.87. The van der Waals surface area contributed by atoms with Gasteiger partial charge in [0.1, 0.15) is 0 Å². The van der Waals surface area contributed by atoms with Crippen molar-refractivity contribution in [1.82, 2.24) is 10.6 Å². The second-order valence-electron chi connectivity index (χ2n) is 5.75. The van der Waals surface area contributed by atoms with Crippen molar-refractivity contribution >= 4 is 27.5 Å². The molecule has 8 heteroatoms. The van der Waals surface area contributed by atoms with E-state index < -0.39 is 21.8 Å². The molecule has 0 saturated heterocycles. The first-order valence-electron chi connectivity index (χ1n) is 7.85. The van der Waals surface area contributed by atoms with Crippen LogP contribution in [0.25, 0.3) is 0 Å². The lowest BCUT2D eigenvalue weighted by Gasteiger charge is -2.18. The molecule has 0 unspecified atom stereocenters. The molecule has 0 saturated carbocycles. The topological polar surface area (TPSA) is 95.6 Å². The standard InChI is InChI=1S/C18H21N3O4S/c1-19-17(22)14-9-15(11-16(10-14)21(2)26(3,24)25)18(23)20-12-13-7-5-4-6-8-13/h4-11H,12H2,1-3H3,(H,19,22)(H,20,23). The van der Waals surface area contributed by atoms with Crippen molar-refractivity contribution in [3.63, 3.8) is 0 Å². The van der Waals surface area contributed by atoms with Gasteiger partial charge in [-0.2, -0.15) is 0 Å². The Kier molecular flexibility index (Phi) is 5.99. The maximum absolute atomic E-state index is 12.5. The SMILES string of the molecule is CNC(=O)c1cc(C(=O)NCc2ccccc2)cc(N(C)S(C)(=O)=O)c1. The highest BCUT2D eigenvalue weighted by atomic mass is 32.2. The van der Waals surface area contributed by atoms with Gasteiger partial charge in [-0.3, -0.25) is 13.9 Å². The van der Waals surface area contributed by atoms with Gasteiger partial charge in [-0.15, -0.1) is 0 Å². The van der Waals surface area contributed by atoms with Crippen LogP contribution in [0.5, 0.6) is 0 Å². The zero-order chi connectivity index (χ0) is 19.3. The fourth-order valence-electron chi connectivity index (χ4n) is 2.27. The molecule has 0 atom stereocenters. The number of carbonyl (C=O) groups excluding carboxylic acids is 2. The predicted octanol–water partition coefficient (Wildman–Crippen LogP) is 1.37. The highest BCUT2D eigenvalue weighted by Gasteiger charge is 2.18. The van der Waals surface area contributed by atoms with Gasteiger partial charge in [0.15, 0.2) is 0 Å². The van der Waals surface area contributed by atoms with Gasteiger partial charge in [-0.1, -0.05) is 30.3 Å². The molecule has 0 bridgehead atoms. The number of nitrogens with zero attached hydrogens (tertiary/aromatic N) is 1. The lowest BCUT2D eigenvalue weighted by molar-refractivity contribution is 0.0951. The fraction of sp³-hybridized carbons (Fsp3) is 0.222. The third kappa shape index (κ3) is 4.82. The van der Waals surface area contributed by atoms with Gasteiger partial charge in [0.2, 0.25) is 10.0 Å². The van der Waals surface area contributed by atoms with Crippen molar-refractivity contribution in [3.05, 3.63) is 65.2 Å². The fourth-order valence-corrected chi connectivity index (χ4v) is 2.76. The summed E-state index contributed by atoms with van der Waals surface area (Å²) in [5.74, 6) is -0.811. The van der Waals surface area contributed by atoms with Crippen LogP contribution >= 0.6 is 0 Å². The summed E-state index contributed by atoms with van der Waals surface area (Å²) in [6.45, 7) is 0.321. The molecule has 0 radical (unpaired) electrons. The van der Waals surface area contributed by atoms with Crippen molar-refractivity contribution in [2.45, 2.75) is 6.54 Å². The number of benzene rings is 2. The highest BCUT2D eigenvalue weighted by molar-refractivity contribution is 7.92. The van der Waals surface area contributed by atoms with E-state index in [4.69, 9.17) is 0 Å². The Morgan fingerprint density at radius 2 is 1.58 bits per heavy atom. The molecule has 2 rings (SSSR count). The maximum atomic E-state index is 12.5. The van der Waals surface area contributed by atoms with Crippen LogP contribution in [0.2, 0.25) is 0 Å². The van der Waals surface area contributed by atoms with Crippen LogP contribution in [-0.4, -0.2) is 40.6 Å². The number of hydrogen-bond donors (Lipinski definition) is 2. The first-order chi connectivity index (χ1) is 12.2. The summed E-state index contributed by atoms with van der Waals surface area (Å²) in [4.78, 5) is 24.5. The number of rotatable bonds is 6. The zero-order valence-corrected chi connectivity index (χ0v) is 15.6. The van der Waals surface area contributed by atoms with Crippen molar-refractivity contribution < 1.29 is 18.0 Å². The largest absolute Gasteiger partial charge is 0.355 e. The van der Waals surface area contributed by atoms with E-state index in [0.29, 0.717) is 6.54 Å². The van der Waals surface area contributed by atoms with Crippen LogP contribution < -0.4 is 14.9 Å². The molecule has 2 aromatic rings. The Labute approximate surface area is 153 Å². The molecular formula is C18H21N3O4S. The van der Waals surface area contributed by atoms with Gasteiger partial charge < -0.3 is 10.6 Å². The van der Waals surface area contributed by atoms with Crippen LogP contribution in [0.3, 0.4) is 0 Å². The van der Waals surface area contributed by atoms with E-state index in [2.05, 4.69) is 10.6 Å². The molecule has 0 heterocycles. The summed E-state index contributed by atoms with van der Waals surface area (Å²) < 4.78 is 24.6. The minimum absolute atomic E-state index is 0.199. The van der Waals surface area contributed by atoms with Crippen LogP contribution in [-0.2, 0) is 16.6 Å². The van der Waals surface area contributed by atoms with Gasteiger partial charge in [0.25, 0.3) is 11.8 Å². The van der Waals surface area contributed by atoms with E-state index in [-0.39, 0.29) is 16.8 Å². The van der Waals surface area contributed by atoms with E-state index in [1.165, 1.54) is 32.3 Å². The molecule has 0 fully saturated rings. The summed E-state index contributed by atoms with van der Waals surface area (Å²) >= 11 is 0. The van der Waals surface area contributed by atoms with Crippen LogP contribution in [0, 0.1) is 0 Å². The van der Waals surface area contributed by atoms with Crippen molar-refractivity contribution in [1.29, 1.82) is 0 Å². The van der Waals surface area contributed by atoms with Crippen molar-refractivity contribution in [3.8, 4) is 0 Å². The van der Waals surface area contributed by atoms with E-state index >= 15 is 0 Å². The third-order valence-corrected chi connectivity index (χ3v) is 5.03. The lowest BCUT2D eigenvalue weighted by Crippen LogP contribution is -2.28. The Balaban J connectivity index is 2.33. The molecule has 2 aromatic carbocycles. The molecule has 0 aliphatic heterocycles. The molecular weight excluding hydrogens is 354 g/mol. The summed E-state index contributed by atoms with van der Waals surface area (Å²) in [5.41, 5.74) is 1.56. The molecule has 26 heavy (non-hydrogen) atoms. The summed E-state index contributed by atoms with van der Waals surface area (Å²) in [6.07, 6.45) is 1.05. The summed E-state index contributed by atoms with van der Waals surface area (Å²) in [5, 5.41) is 5.24. The average Bonchev–Trinajstić information content (AvgIpc) is 2.64. The summed E-state index contributed by atoms with van der Waals surface area (Å²) in [6, 6.07) is 13.7. The molecule has 2 amide bonds. The number of carbonyl (C=O) groups is 2. The van der Waals surface area contributed by atoms with Crippen molar-refractivity contribution in [2.75, 3.05) is 24.7 Å². The number of amides is 2. The molecule has 7 nitrogen and oxygen atoms in total. The quantitative estimate of drug-likeness (QED) is 0.797. The van der Waals surface area contributed by atoms with Gasteiger partial charge in [-0.05, 0) is 23.8 Å². The molecule has 0 aromatic heterocycles. The predicted molar refractivity (Wildman–Crippen MR) is 101 cm³/mol. The molecule has 0 aliphatic carbocycles. The molecule has 0 aliphatic rings. The lowest BCUT2D eigenvalue weighted by atomic mass is 10.1. The third-order valence-electron chi connectivity index (χ3n) is 3.83. The monoisotopic (exact) mass is 375 g/mol. The number of hydrogen-bond acceptors (Lipinski definition) is 4. The van der Waals surface area contributed by atoms with Gasteiger partial charge in [0, 0.05) is 31.8 Å². The second-order valence-corrected chi connectivity index (χ2v) is 7.76. The smallest absolute Gasteiger partial charge is 0.251 e.